The van der Waals surface area contributed by atoms with Crippen LogP contribution in [0.3, 0.4) is 0 Å². The van der Waals surface area contributed by atoms with Crippen molar-refractivity contribution in [2.45, 2.75) is 6.92 Å². The standard InChI is InChI=1S/C25H21N3O5/c1-13-10-20(29)23(30)24(33-13)22-21(14-4-6-15(31-2)7-5-14)27-25(28-22)18-12-26-19-11-16(32-3)8-9-17(18)19/h4-12,26,30H,1-3H3,(H,27,28). The van der Waals surface area contributed by atoms with Gasteiger partial charge in [0.05, 0.1) is 14.2 Å². The minimum Gasteiger partial charge on any atom is -0.501 e. The molecule has 3 aromatic heterocycles. The van der Waals surface area contributed by atoms with Crippen LogP contribution in [0, 0.1) is 6.92 Å². The molecule has 2 aromatic carbocycles. The fourth-order valence-electron chi connectivity index (χ4n) is 3.82. The second kappa shape index (κ2) is 7.90. The summed E-state index contributed by atoms with van der Waals surface area (Å²) in [5.74, 6) is 1.92. The maximum absolute atomic E-state index is 12.3. The van der Waals surface area contributed by atoms with E-state index in [0.29, 0.717) is 28.7 Å². The van der Waals surface area contributed by atoms with Crippen molar-refractivity contribution >= 4 is 10.9 Å². The number of aromatic nitrogens is 3. The van der Waals surface area contributed by atoms with Crippen LogP contribution in [-0.4, -0.2) is 34.3 Å². The molecule has 0 spiro atoms. The van der Waals surface area contributed by atoms with Gasteiger partial charge in [-0.15, -0.1) is 0 Å². The zero-order chi connectivity index (χ0) is 23.1. The van der Waals surface area contributed by atoms with Gasteiger partial charge in [0.15, 0.2) is 5.76 Å². The summed E-state index contributed by atoms with van der Waals surface area (Å²) in [5, 5.41) is 11.4. The number of imidazole rings is 1. The second-order valence-electron chi connectivity index (χ2n) is 7.55. The molecule has 0 radical (unpaired) electrons. The van der Waals surface area contributed by atoms with Crippen LogP contribution >= 0.6 is 0 Å². The molecular formula is C25H21N3O5. The van der Waals surface area contributed by atoms with E-state index in [1.807, 2.05) is 48.7 Å². The summed E-state index contributed by atoms with van der Waals surface area (Å²) in [5.41, 5.74) is 2.88. The Bertz CT molecular complexity index is 1530. The zero-order valence-corrected chi connectivity index (χ0v) is 18.2. The highest BCUT2D eigenvalue weighted by Crippen LogP contribution is 2.38. The maximum Gasteiger partial charge on any atom is 0.227 e. The van der Waals surface area contributed by atoms with Crippen molar-refractivity contribution in [3.63, 3.8) is 0 Å². The van der Waals surface area contributed by atoms with E-state index in [-0.39, 0.29) is 5.76 Å². The van der Waals surface area contributed by atoms with Crippen LogP contribution in [0.5, 0.6) is 17.2 Å². The lowest BCUT2D eigenvalue weighted by atomic mass is 10.1. The number of nitrogens with one attached hydrogen (secondary N) is 2. The monoisotopic (exact) mass is 443 g/mol. The van der Waals surface area contributed by atoms with Crippen molar-refractivity contribution in [3.8, 4) is 51.3 Å². The Hall–Kier alpha value is -4.46. The highest BCUT2D eigenvalue weighted by Gasteiger charge is 2.23. The smallest absolute Gasteiger partial charge is 0.227 e. The summed E-state index contributed by atoms with van der Waals surface area (Å²) in [6.07, 6.45) is 1.84. The third-order valence-corrected chi connectivity index (χ3v) is 5.48. The number of aromatic hydroxyl groups is 1. The Kier molecular flexibility index (Phi) is 4.90. The van der Waals surface area contributed by atoms with E-state index >= 15 is 0 Å². The Morgan fingerprint density at radius 2 is 1.73 bits per heavy atom. The Balaban J connectivity index is 1.74. The fraction of sp³-hybridized carbons (Fsp3) is 0.120. The van der Waals surface area contributed by atoms with Gasteiger partial charge in [-0.2, -0.15) is 0 Å². The molecule has 3 N–H and O–H groups in total. The molecule has 0 saturated carbocycles. The lowest BCUT2D eigenvalue weighted by Gasteiger charge is -2.06. The Labute approximate surface area is 188 Å². The lowest BCUT2D eigenvalue weighted by molar-refractivity contribution is 0.415. The number of rotatable bonds is 5. The first-order valence-corrected chi connectivity index (χ1v) is 10.2. The van der Waals surface area contributed by atoms with Crippen molar-refractivity contribution < 1.29 is 19.0 Å². The zero-order valence-electron chi connectivity index (χ0n) is 18.2. The molecule has 5 aromatic rings. The average molecular weight is 443 g/mol. The molecular weight excluding hydrogens is 422 g/mol. The number of nitrogens with zero attached hydrogens (tertiary/aromatic N) is 1. The number of aromatic amines is 2. The molecule has 3 heterocycles. The van der Waals surface area contributed by atoms with Crippen molar-refractivity contribution in [1.29, 1.82) is 0 Å². The van der Waals surface area contributed by atoms with Gasteiger partial charge in [0, 0.05) is 40.4 Å². The topological polar surface area (TPSA) is 113 Å². The minimum atomic E-state index is -0.523. The fourth-order valence-corrected chi connectivity index (χ4v) is 3.82. The Morgan fingerprint density at radius 1 is 1.00 bits per heavy atom. The molecule has 166 valence electrons. The van der Waals surface area contributed by atoms with Gasteiger partial charge in [-0.25, -0.2) is 4.98 Å². The van der Waals surface area contributed by atoms with Gasteiger partial charge < -0.3 is 29.0 Å². The molecule has 0 aliphatic rings. The molecule has 33 heavy (non-hydrogen) atoms. The highest BCUT2D eigenvalue weighted by atomic mass is 16.5. The van der Waals surface area contributed by atoms with E-state index in [1.165, 1.54) is 6.07 Å². The third kappa shape index (κ3) is 3.51. The lowest BCUT2D eigenvalue weighted by Crippen LogP contribution is -2.01. The van der Waals surface area contributed by atoms with E-state index < -0.39 is 11.2 Å². The average Bonchev–Trinajstić information content (AvgIpc) is 3.45. The first-order chi connectivity index (χ1) is 16.0. The number of ether oxygens (including phenoxy) is 2. The number of hydrogen-bond acceptors (Lipinski definition) is 6. The largest absolute Gasteiger partial charge is 0.501 e. The first-order valence-electron chi connectivity index (χ1n) is 10.2. The molecule has 0 saturated heterocycles. The van der Waals surface area contributed by atoms with Crippen LogP contribution in [0.4, 0.5) is 0 Å². The maximum atomic E-state index is 12.3. The van der Waals surface area contributed by atoms with E-state index in [4.69, 9.17) is 18.9 Å². The molecule has 0 aliphatic carbocycles. The van der Waals surface area contributed by atoms with Gasteiger partial charge in [0.2, 0.25) is 11.2 Å². The molecule has 0 amide bonds. The predicted octanol–water partition coefficient (Wildman–Crippen LogP) is 4.88. The summed E-state index contributed by atoms with van der Waals surface area (Å²) in [6, 6.07) is 14.3. The van der Waals surface area contributed by atoms with Gasteiger partial charge in [0.25, 0.3) is 0 Å². The third-order valence-electron chi connectivity index (χ3n) is 5.48. The van der Waals surface area contributed by atoms with Crippen molar-refractivity contribution in [3.05, 3.63) is 70.7 Å². The number of aryl methyl sites for hydroxylation is 1. The van der Waals surface area contributed by atoms with Gasteiger partial charge in [0.1, 0.15) is 34.5 Å². The molecule has 0 unspecified atom stereocenters. The van der Waals surface area contributed by atoms with Crippen LogP contribution in [0.15, 0.2) is 63.9 Å². The van der Waals surface area contributed by atoms with E-state index in [1.54, 1.807) is 21.1 Å². The first kappa shape index (κ1) is 20.4. The van der Waals surface area contributed by atoms with Gasteiger partial charge in [-0.3, -0.25) is 4.79 Å². The molecule has 0 aliphatic heterocycles. The van der Waals surface area contributed by atoms with Crippen LogP contribution in [0.25, 0.3) is 45.0 Å². The summed E-state index contributed by atoms with van der Waals surface area (Å²) >= 11 is 0. The molecule has 0 fully saturated rings. The summed E-state index contributed by atoms with van der Waals surface area (Å²) in [6.45, 7) is 1.65. The Morgan fingerprint density at radius 3 is 2.45 bits per heavy atom. The second-order valence-corrected chi connectivity index (χ2v) is 7.55. The van der Waals surface area contributed by atoms with Crippen LogP contribution < -0.4 is 14.9 Å². The molecule has 0 bridgehead atoms. The van der Waals surface area contributed by atoms with Gasteiger partial charge in [-0.1, -0.05) is 0 Å². The van der Waals surface area contributed by atoms with E-state index in [9.17, 15) is 9.90 Å². The number of hydrogen-bond donors (Lipinski definition) is 3. The van der Waals surface area contributed by atoms with Crippen molar-refractivity contribution in [2.75, 3.05) is 14.2 Å². The summed E-state index contributed by atoms with van der Waals surface area (Å²) in [7, 11) is 3.21. The predicted molar refractivity (Wildman–Crippen MR) is 125 cm³/mol. The molecule has 8 heteroatoms. The number of benzene rings is 2. The quantitative estimate of drug-likeness (QED) is 0.357. The summed E-state index contributed by atoms with van der Waals surface area (Å²) in [4.78, 5) is 23.6. The summed E-state index contributed by atoms with van der Waals surface area (Å²) < 4.78 is 16.3. The van der Waals surface area contributed by atoms with E-state index in [2.05, 4.69) is 9.97 Å². The number of H-pyrrole nitrogens is 2. The van der Waals surface area contributed by atoms with Crippen LogP contribution in [0.2, 0.25) is 0 Å². The van der Waals surface area contributed by atoms with Crippen molar-refractivity contribution in [2.24, 2.45) is 0 Å². The molecule has 8 nitrogen and oxygen atoms in total. The van der Waals surface area contributed by atoms with Crippen molar-refractivity contribution in [1.82, 2.24) is 15.0 Å². The van der Waals surface area contributed by atoms with E-state index in [0.717, 1.165) is 27.8 Å². The highest BCUT2D eigenvalue weighted by molar-refractivity contribution is 5.95. The SMILES string of the molecule is COc1ccc(-c2nc(-c3c[nH]c4cc(OC)ccc34)[nH]c2-c2oc(C)cc(=O)c2O)cc1. The van der Waals surface area contributed by atoms with Gasteiger partial charge in [-0.05, 0) is 43.3 Å². The number of methoxy groups -OCH3 is 2. The number of fused-ring (bicyclic) bond motifs is 1. The molecule has 5 rings (SSSR count). The van der Waals surface area contributed by atoms with Crippen LogP contribution in [0.1, 0.15) is 5.76 Å². The minimum absolute atomic E-state index is 0.0334. The normalized spacial score (nSPS) is 11.1. The molecule has 0 atom stereocenters. The van der Waals surface area contributed by atoms with Crippen LogP contribution in [-0.2, 0) is 0 Å². The van der Waals surface area contributed by atoms with Gasteiger partial charge >= 0.3 is 0 Å².